The second-order valence-electron chi connectivity index (χ2n) is 12.5. The summed E-state index contributed by atoms with van der Waals surface area (Å²) >= 11 is 1.35. The summed E-state index contributed by atoms with van der Waals surface area (Å²) in [7, 11) is 0. The molecular weight excluding hydrogens is 631 g/mol. The summed E-state index contributed by atoms with van der Waals surface area (Å²) in [6.07, 6.45) is -1.65. The Balaban J connectivity index is 1.16. The van der Waals surface area contributed by atoms with Crippen molar-refractivity contribution in [3.8, 4) is 28.6 Å². The molecule has 2 amide bonds. The zero-order valence-corrected chi connectivity index (χ0v) is 27.2. The number of hydrogen-bond donors (Lipinski definition) is 2. The van der Waals surface area contributed by atoms with Crippen molar-refractivity contribution in [2.75, 3.05) is 10.7 Å². The quantitative estimate of drug-likeness (QED) is 0.174. The number of carbonyl (C=O) groups is 2. The topological polar surface area (TPSA) is 110 Å². The van der Waals surface area contributed by atoms with Crippen molar-refractivity contribution in [2.24, 2.45) is 5.41 Å². The van der Waals surface area contributed by atoms with Crippen LogP contribution in [0.5, 0.6) is 11.5 Å². The molecule has 2 heterocycles. The minimum atomic E-state index is -4.76. The molecule has 47 heavy (non-hydrogen) atoms. The van der Waals surface area contributed by atoms with E-state index in [0.717, 1.165) is 23.1 Å². The first-order valence-electron chi connectivity index (χ1n) is 15.1. The molecule has 3 aromatic carbocycles. The maximum absolute atomic E-state index is 13.1. The van der Waals surface area contributed by atoms with Crippen molar-refractivity contribution in [1.29, 1.82) is 0 Å². The number of hydrogen-bond acceptors (Lipinski definition) is 7. The minimum absolute atomic E-state index is 0.0621. The zero-order valence-electron chi connectivity index (χ0n) is 26.4. The number of thioether (sulfide) groups is 1. The first kappa shape index (κ1) is 33.8. The predicted molar refractivity (Wildman–Crippen MR) is 174 cm³/mol. The molecule has 1 unspecified atom stereocenters. The van der Waals surface area contributed by atoms with E-state index in [1.807, 2.05) is 44.2 Å². The number of halogens is 3. The number of amides is 2. The number of ether oxygens (including phenoxy) is 1. The van der Waals surface area contributed by atoms with E-state index in [1.165, 1.54) is 47.0 Å². The molecule has 4 aromatic rings. The monoisotopic (exact) mass is 667 g/mol. The van der Waals surface area contributed by atoms with Crippen LogP contribution in [-0.4, -0.2) is 49.3 Å². The van der Waals surface area contributed by atoms with E-state index in [0.29, 0.717) is 23.6 Å². The van der Waals surface area contributed by atoms with E-state index >= 15 is 0 Å². The van der Waals surface area contributed by atoms with Gasteiger partial charge in [0.25, 0.3) is 0 Å². The number of carbonyl (C=O) groups excluding carboxylic acids is 2. The molecule has 13 heteroatoms. The van der Waals surface area contributed by atoms with E-state index in [4.69, 9.17) is 0 Å². The van der Waals surface area contributed by atoms with Gasteiger partial charge >= 0.3 is 6.36 Å². The van der Waals surface area contributed by atoms with E-state index < -0.39 is 11.9 Å². The summed E-state index contributed by atoms with van der Waals surface area (Å²) in [5, 5.41) is 17.6. The highest BCUT2D eigenvalue weighted by Gasteiger charge is 2.36. The number of aromatic hydroxyl groups is 1. The van der Waals surface area contributed by atoms with Crippen LogP contribution in [0.3, 0.4) is 0 Å². The summed E-state index contributed by atoms with van der Waals surface area (Å²) < 4.78 is 42.7. The molecule has 0 radical (unpaired) electrons. The van der Waals surface area contributed by atoms with Gasteiger partial charge in [-0.2, -0.15) is 0 Å². The summed E-state index contributed by atoms with van der Waals surface area (Å²) in [6, 6.07) is 18.1. The van der Waals surface area contributed by atoms with E-state index in [2.05, 4.69) is 34.0 Å². The molecule has 1 fully saturated rings. The van der Waals surface area contributed by atoms with Gasteiger partial charge in [-0.3, -0.25) is 14.5 Å². The fourth-order valence-corrected chi connectivity index (χ4v) is 6.45. The lowest BCUT2D eigenvalue weighted by Gasteiger charge is -2.29. The molecule has 2 N–H and O–H groups in total. The van der Waals surface area contributed by atoms with Gasteiger partial charge in [0.15, 0.2) is 11.3 Å². The van der Waals surface area contributed by atoms with Crippen molar-refractivity contribution in [3.63, 3.8) is 0 Å². The highest BCUT2D eigenvalue weighted by molar-refractivity contribution is 8.01. The molecule has 5 rings (SSSR count). The predicted octanol–water partition coefficient (Wildman–Crippen LogP) is 7.19. The summed E-state index contributed by atoms with van der Waals surface area (Å²) in [5.74, 6) is 0.303. The maximum Gasteiger partial charge on any atom is 0.573 e. The van der Waals surface area contributed by atoms with E-state index in [1.54, 1.807) is 17.0 Å². The van der Waals surface area contributed by atoms with E-state index in [9.17, 15) is 27.9 Å². The molecule has 0 bridgehead atoms. The van der Waals surface area contributed by atoms with Crippen LogP contribution in [0.1, 0.15) is 57.6 Å². The Labute approximate surface area is 275 Å². The van der Waals surface area contributed by atoms with Crippen LogP contribution in [-0.2, 0) is 16.0 Å². The Kier molecular flexibility index (Phi) is 9.85. The van der Waals surface area contributed by atoms with Crippen LogP contribution >= 0.6 is 11.8 Å². The average molecular weight is 668 g/mol. The second-order valence-corrected chi connectivity index (χ2v) is 13.6. The smallest absolute Gasteiger partial charge is 0.508 e. The molecule has 1 saturated heterocycles. The van der Waals surface area contributed by atoms with Gasteiger partial charge in [-0.15, -0.1) is 30.0 Å². The molecule has 0 saturated carbocycles. The number of nitrogens with zero attached hydrogens (tertiary/aromatic N) is 4. The zero-order chi connectivity index (χ0) is 33.9. The summed E-state index contributed by atoms with van der Waals surface area (Å²) in [6.45, 7) is 8.24. The molecule has 1 atom stereocenters. The van der Waals surface area contributed by atoms with Gasteiger partial charge in [-0.05, 0) is 65.6 Å². The number of alkyl halides is 3. The van der Waals surface area contributed by atoms with Gasteiger partial charge in [-0.1, -0.05) is 58.0 Å². The second kappa shape index (κ2) is 13.7. The number of nitrogens with one attached hydrogen (secondary N) is 1. The van der Waals surface area contributed by atoms with Crippen LogP contribution in [0.15, 0.2) is 73.1 Å². The molecule has 9 nitrogen and oxygen atoms in total. The third-order valence-corrected chi connectivity index (χ3v) is 8.86. The number of benzene rings is 3. The highest BCUT2D eigenvalue weighted by Crippen LogP contribution is 2.37. The largest absolute Gasteiger partial charge is 0.573 e. The molecule has 248 valence electrons. The van der Waals surface area contributed by atoms with E-state index in [-0.39, 0.29) is 46.8 Å². The number of aromatic nitrogens is 3. The normalized spacial score (nSPS) is 15.4. The van der Waals surface area contributed by atoms with Crippen LogP contribution in [0.25, 0.3) is 17.1 Å². The number of anilines is 1. The summed E-state index contributed by atoms with van der Waals surface area (Å²) in [4.78, 5) is 31.8. The lowest BCUT2D eigenvalue weighted by atomic mass is 9.81. The molecular formula is C34H36F3N5O4S. The highest BCUT2D eigenvalue weighted by atomic mass is 32.2. The Morgan fingerprint density at radius 3 is 2.45 bits per heavy atom. The molecule has 1 aromatic heterocycles. The molecule has 1 aliphatic rings. The maximum atomic E-state index is 13.1. The Morgan fingerprint density at radius 1 is 1.09 bits per heavy atom. The fourth-order valence-electron chi connectivity index (χ4n) is 5.42. The van der Waals surface area contributed by atoms with Gasteiger partial charge < -0.3 is 15.2 Å². The fraction of sp³-hybridized carbons (Fsp3) is 0.353. The van der Waals surface area contributed by atoms with Gasteiger partial charge in [0.1, 0.15) is 17.8 Å². The SMILES string of the molecule is CC(C)c1ccc(O)cc1N1C(=O)CSC1NC(=O)CCC(C)(C)Cc1ccc(-c2ncn(-c3ccc(OC(F)(F)F)cc3)n2)cc1. The van der Waals surface area contributed by atoms with Crippen molar-refractivity contribution in [2.45, 2.75) is 64.7 Å². The minimum Gasteiger partial charge on any atom is -0.508 e. The number of rotatable bonds is 11. The van der Waals surface area contributed by atoms with Crippen LogP contribution in [0.2, 0.25) is 0 Å². The first-order chi connectivity index (χ1) is 22.2. The molecule has 0 aliphatic carbocycles. The Morgan fingerprint density at radius 2 is 1.79 bits per heavy atom. The van der Waals surface area contributed by atoms with Gasteiger partial charge in [-0.25, -0.2) is 9.67 Å². The Hall–Kier alpha value is -4.52. The third-order valence-electron chi connectivity index (χ3n) is 7.80. The van der Waals surface area contributed by atoms with Gasteiger partial charge in [0, 0.05) is 18.1 Å². The molecule has 1 aliphatic heterocycles. The Bertz CT molecular complexity index is 1720. The van der Waals surface area contributed by atoms with Gasteiger partial charge in [0.05, 0.1) is 17.1 Å². The number of phenolic OH excluding ortho intramolecular Hbond substituents is 1. The van der Waals surface area contributed by atoms with Crippen molar-refractivity contribution in [3.05, 3.63) is 84.2 Å². The van der Waals surface area contributed by atoms with Crippen LogP contribution in [0, 0.1) is 5.41 Å². The van der Waals surface area contributed by atoms with Gasteiger partial charge in [0.2, 0.25) is 11.8 Å². The van der Waals surface area contributed by atoms with Crippen molar-refractivity contribution >= 4 is 29.3 Å². The first-order valence-corrected chi connectivity index (χ1v) is 16.2. The summed E-state index contributed by atoms with van der Waals surface area (Å²) in [5.41, 5.74) is 3.17. The van der Waals surface area contributed by atoms with Crippen LogP contribution < -0.4 is 15.0 Å². The van der Waals surface area contributed by atoms with Crippen molar-refractivity contribution < 1.29 is 32.6 Å². The van der Waals surface area contributed by atoms with Crippen molar-refractivity contribution in [1.82, 2.24) is 20.1 Å². The average Bonchev–Trinajstić information content (AvgIpc) is 3.63. The standard InChI is InChI=1S/C34H36F3N5O4S/c1-21(2)27-14-11-25(43)17-28(27)42-30(45)19-47-32(42)39-29(44)15-16-33(3,4)18-22-5-7-23(8-6-22)31-38-20-41(40-31)24-9-12-26(13-10-24)46-34(35,36)37/h5-14,17,20-21,32,43H,15-16,18-19H2,1-4H3,(H,39,44). The number of phenols is 1. The lowest BCUT2D eigenvalue weighted by molar-refractivity contribution is -0.274. The lowest BCUT2D eigenvalue weighted by Crippen LogP contribution is -2.45. The molecule has 0 spiro atoms. The third kappa shape index (κ3) is 8.64. The van der Waals surface area contributed by atoms with Crippen LogP contribution in [0.4, 0.5) is 18.9 Å².